The number of nitrogens with zero attached hydrogens (tertiary/aromatic N) is 3. The SMILES string of the molecule is CSc1nc(Nc2ccc(C(C)(C)C)cc2)c(C#N)c(-c2ccc(Cl)cc2)n1. The van der Waals surface area contributed by atoms with Crippen LogP contribution in [0.25, 0.3) is 11.3 Å². The summed E-state index contributed by atoms with van der Waals surface area (Å²) in [6.07, 6.45) is 1.91. The van der Waals surface area contributed by atoms with E-state index in [0.29, 0.717) is 27.3 Å². The van der Waals surface area contributed by atoms with Crippen molar-refractivity contribution in [3.63, 3.8) is 0 Å². The van der Waals surface area contributed by atoms with Gasteiger partial charge in [-0.15, -0.1) is 0 Å². The molecule has 0 radical (unpaired) electrons. The van der Waals surface area contributed by atoms with Gasteiger partial charge in [0.25, 0.3) is 0 Å². The molecule has 1 N–H and O–H groups in total. The van der Waals surface area contributed by atoms with Crippen LogP contribution >= 0.6 is 23.4 Å². The lowest BCUT2D eigenvalue weighted by atomic mass is 9.87. The van der Waals surface area contributed by atoms with Crippen molar-refractivity contribution in [3.05, 3.63) is 64.7 Å². The molecule has 0 unspecified atom stereocenters. The number of halogens is 1. The predicted molar refractivity (Wildman–Crippen MR) is 117 cm³/mol. The molecule has 3 rings (SSSR count). The van der Waals surface area contributed by atoms with E-state index in [4.69, 9.17) is 11.6 Å². The number of nitrogens with one attached hydrogen (secondary N) is 1. The van der Waals surface area contributed by atoms with E-state index in [1.165, 1.54) is 17.3 Å². The zero-order valence-corrected chi connectivity index (χ0v) is 17.8. The van der Waals surface area contributed by atoms with Crippen LogP contribution in [0.3, 0.4) is 0 Å². The molecule has 0 bridgehead atoms. The molecule has 142 valence electrons. The lowest BCUT2D eigenvalue weighted by Crippen LogP contribution is -2.10. The van der Waals surface area contributed by atoms with Gasteiger partial charge in [-0.2, -0.15) is 5.26 Å². The molecular weight excluding hydrogens is 388 g/mol. The van der Waals surface area contributed by atoms with Crippen LogP contribution in [0.1, 0.15) is 31.9 Å². The van der Waals surface area contributed by atoms with Gasteiger partial charge in [0.2, 0.25) is 0 Å². The summed E-state index contributed by atoms with van der Waals surface area (Å²) in [6.45, 7) is 6.53. The number of nitriles is 1. The summed E-state index contributed by atoms with van der Waals surface area (Å²) >= 11 is 7.43. The second kappa shape index (κ2) is 8.22. The van der Waals surface area contributed by atoms with E-state index in [2.05, 4.69) is 54.3 Å². The second-order valence-corrected chi connectivity index (χ2v) is 8.56. The number of hydrogen-bond donors (Lipinski definition) is 1. The molecule has 0 amide bonds. The quantitative estimate of drug-likeness (QED) is 0.398. The highest BCUT2D eigenvalue weighted by atomic mass is 35.5. The minimum Gasteiger partial charge on any atom is -0.339 e. The van der Waals surface area contributed by atoms with E-state index in [0.717, 1.165) is 11.3 Å². The van der Waals surface area contributed by atoms with E-state index < -0.39 is 0 Å². The minimum absolute atomic E-state index is 0.0824. The van der Waals surface area contributed by atoms with E-state index >= 15 is 0 Å². The van der Waals surface area contributed by atoms with Crippen LogP contribution in [0.4, 0.5) is 11.5 Å². The molecule has 0 aliphatic carbocycles. The van der Waals surface area contributed by atoms with Crippen LogP contribution in [0, 0.1) is 11.3 Å². The Hall–Kier alpha value is -2.55. The summed E-state index contributed by atoms with van der Waals surface area (Å²) in [5.41, 5.74) is 4.02. The van der Waals surface area contributed by atoms with Gasteiger partial charge in [0.05, 0.1) is 5.69 Å². The largest absolute Gasteiger partial charge is 0.339 e. The third kappa shape index (κ3) is 4.46. The lowest BCUT2D eigenvalue weighted by Gasteiger charge is -2.19. The smallest absolute Gasteiger partial charge is 0.189 e. The molecule has 0 atom stereocenters. The van der Waals surface area contributed by atoms with Gasteiger partial charge in [-0.1, -0.05) is 68.4 Å². The lowest BCUT2D eigenvalue weighted by molar-refractivity contribution is 0.590. The maximum atomic E-state index is 9.80. The Balaban J connectivity index is 2.04. The van der Waals surface area contributed by atoms with Gasteiger partial charge in [0.1, 0.15) is 11.6 Å². The zero-order chi connectivity index (χ0) is 20.3. The Kier molecular flexibility index (Phi) is 5.93. The summed E-state index contributed by atoms with van der Waals surface area (Å²) in [5, 5.41) is 14.3. The van der Waals surface area contributed by atoms with Crippen LogP contribution in [0.15, 0.2) is 53.7 Å². The molecule has 1 aromatic heterocycles. The van der Waals surface area contributed by atoms with Crippen molar-refractivity contribution in [3.8, 4) is 17.3 Å². The van der Waals surface area contributed by atoms with Crippen LogP contribution < -0.4 is 5.32 Å². The van der Waals surface area contributed by atoms with Gasteiger partial charge < -0.3 is 5.32 Å². The van der Waals surface area contributed by atoms with Gasteiger partial charge in [-0.25, -0.2) is 9.97 Å². The van der Waals surface area contributed by atoms with E-state index in [1.807, 2.05) is 30.5 Å². The van der Waals surface area contributed by atoms with E-state index in [-0.39, 0.29) is 5.41 Å². The standard InChI is InChI=1S/C22H21ClN4S/c1-22(2,3)15-7-11-17(12-8-15)25-20-18(13-24)19(26-21(27-20)28-4)14-5-9-16(23)10-6-14/h5-12H,1-4H3,(H,25,26,27). The molecular formula is C22H21ClN4S. The van der Waals surface area contributed by atoms with Crippen molar-refractivity contribution in [2.75, 3.05) is 11.6 Å². The first kappa shape index (κ1) is 20.2. The van der Waals surface area contributed by atoms with Gasteiger partial charge in [-0.3, -0.25) is 0 Å². The highest BCUT2D eigenvalue weighted by Gasteiger charge is 2.17. The Morgan fingerprint density at radius 2 is 1.64 bits per heavy atom. The number of hydrogen-bond acceptors (Lipinski definition) is 5. The van der Waals surface area contributed by atoms with Crippen LogP contribution in [0.2, 0.25) is 5.02 Å². The molecule has 0 aliphatic heterocycles. The van der Waals surface area contributed by atoms with Crippen LogP contribution in [0.5, 0.6) is 0 Å². The zero-order valence-electron chi connectivity index (χ0n) is 16.2. The summed E-state index contributed by atoms with van der Waals surface area (Å²) in [6, 6.07) is 17.7. The first-order valence-corrected chi connectivity index (χ1v) is 10.4. The van der Waals surface area contributed by atoms with Crippen molar-refractivity contribution in [1.82, 2.24) is 9.97 Å². The summed E-state index contributed by atoms with van der Waals surface area (Å²) in [5.74, 6) is 0.496. The number of anilines is 2. The third-order valence-corrected chi connectivity index (χ3v) is 5.11. The van der Waals surface area contributed by atoms with Crippen molar-refractivity contribution in [2.24, 2.45) is 0 Å². The summed E-state index contributed by atoms with van der Waals surface area (Å²) < 4.78 is 0. The maximum Gasteiger partial charge on any atom is 0.189 e. The molecule has 4 nitrogen and oxygen atoms in total. The number of thioether (sulfide) groups is 1. The van der Waals surface area contributed by atoms with Gasteiger partial charge >= 0.3 is 0 Å². The van der Waals surface area contributed by atoms with Gasteiger partial charge in [-0.05, 0) is 41.5 Å². The van der Waals surface area contributed by atoms with Crippen molar-refractivity contribution in [2.45, 2.75) is 31.3 Å². The van der Waals surface area contributed by atoms with Crippen molar-refractivity contribution < 1.29 is 0 Å². The number of benzene rings is 2. The van der Waals surface area contributed by atoms with Gasteiger partial charge in [0.15, 0.2) is 11.0 Å². The summed E-state index contributed by atoms with van der Waals surface area (Å²) in [4.78, 5) is 9.08. The molecule has 6 heteroatoms. The van der Waals surface area contributed by atoms with Crippen LogP contribution in [-0.4, -0.2) is 16.2 Å². The summed E-state index contributed by atoms with van der Waals surface area (Å²) in [7, 11) is 0. The number of rotatable bonds is 4. The second-order valence-electron chi connectivity index (χ2n) is 7.35. The fraction of sp³-hybridized carbons (Fsp3) is 0.227. The fourth-order valence-electron chi connectivity index (χ4n) is 2.73. The van der Waals surface area contributed by atoms with Crippen molar-refractivity contribution >= 4 is 34.9 Å². The predicted octanol–water partition coefficient (Wildman–Crippen LogP) is 6.43. The molecule has 3 aromatic rings. The van der Waals surface area contributed by atoms with Gasteiger partial charge in [0, 0.05) is 16.3 Å². The number of aromatic nitrogens is 2. The Morgan fingerprint density at radius 1 is 1.00 bits per heavy atom. The van der Waals surface area contributed by atoms with Crippen LogP contribution in [-0.2, 0) is 5.41 Å². The Labute approximate surface area is 175 Å². The molecule has 28 heavy (non-hydrogen) atoms. The molecule has 0 spiro atoms. The van der Waals surface area contributed by atoms with E-state index in [9.17, 15) is 5.26 Å². The molecule has 1 heterocycles. The first-order chi connectivity index (χ1) is 13.3. The maximum absolute atomic E-state index is 9.80. The molecule has 0 saturated heterocycles. The average molecular weight is 409 g/mol. The first-order valence-electron chi connectivity index (χ1n) is 8.81. The molecule has 0 saturated carbocycles. The third-order valence-electron chi connectivity index (χ3n) is 4.31. The van der Waals surface area contributed by atoms with Crippen molar-refractivity contribution in [1.29, 1.82) is 5.26 Å². The Bertz CT molecular complexity index is 1020. The minimum atomic E-state index is 0.0824. The molecule has 0 fully saturated rings. The average Bonchev–Trinajstić information content (AvgIpc) is 2.67. The molecule has 2 aromatic carbocycles. The van der Waals surface area contributed by atoms with E-state index in [1.54, 1.807) is 12.1 Å². The topological polar surface area (TPSA) is 61.6 Å². The highest BCUT2D eigenvalue weighted by Crippen LogP contribution is 2.31. The highest BCUT2D eigenvalue weighted by molar-refractivity contribution is 7.98. The molecule has 0 aliphatic rings. The monoisotopic (exact) mass is 408 g/mol. The fourth-order valence-corrected chi connectivity index (χ4v) is 3.23. The Morgan fingerprint density at radius 3 is 2.18 bits per heavy atom. The normalized spacial score (nSPS) is 11.1.